The number of hydrogen-bond donors (Lipinski definition) is 1. The topological polar surface area (TPSA) is 44.8 Å². The third-order valence-corrected chi connectivity index (χ3v) is 3.70. The van der Waals surface area contributed by atoms with Crippen LogP contribution in [0.5, 0.6) is 0 Å². The number of esters is 1. The Labute approximate surface area is 128 Å². The second-order valence-corrected chi connectivity index (χ2v) is 6.47. The summed E-state index contributed by atoms with van der Waals surface area (Å²) in [5, 5.41) is 8.19. The maximum absolute atomic E-state index is 12.0. The molecule has 2 saturated heterocycles. The standard InChI is InChI=1S/C14H27N3O2.ClH/c1-14(2,3)19-13(18)12-4-8-16(9-5-12)17-10-6-15-7-11-17;/h12,15H,4-11H2,1-3H3;1H. The number of halogens is 1. The first kappa shape index (κ1) is 17.7. The van der Waals surface area contributed by atoms with E-state index in [1.54, 1.807) is 0 Å². The fourth-order valence-corrected chi connectivity index (χ4v) is 2.71. The first-order valence-corrected chi connectivity index (χ1v) is 7.39. The van der Waals surface area contributed by atoms with E-state index in [2.05, 4.69) is 15.3 Å². The summed E-state index contributed by atoms with van der Waals surface area (Å²) in [7, 11) is 0. The molecule has 0 atom stereocenters. The number of nitrogens with zero attached hydrogens (tertiary/aromatic N) is 2. The van der Waals surface area contributed by atoms with Crippen molar-refractivity contribution >= 4 is 18.4 Å². The Bertz CT molecular complexity index is 306. The molecule has 20 heavy (non-hydrogen) atoms. The van der Waals surface area contributed by atoms with Crippen molar-refractivity contribution in [2.45, 2.75) is 39.2 Å². The Morgan fingerprint density at radius 1 is 1.05 bits per heavy atom. The quantitative estimate of drug-likeness (QED) is 0.779. The maximum atomic E-state index is 12.0. The molecule has 5 nitrogen and oxygen atoms in total. The average Bonchev–Trinajstić information content (AvgIpc) is 2.38. The van der Waals surface area contributed by atoms with Gasteiger partial charge in [0.2, 0.25) is 0 Å². The molecule has 0 aliphatic carbocycles. The highest BCUT2D eigenvalue weighted by Gasteiger charge is 2.31. The summed E-state index contributed by atoms with van der Waals surface area (Å²) >= 11 is 0. The van der Waals surface area contributed by atoms with Crippen molar-refractivity contribution in [3.05, 3.63) is 0 Å². The van der Waals surface area contributed by atoms with E-state index in [0.29, 0.717) is 0 Å². The van der Waals surface area contributed by atoms with Gasteiger partial charge in [-0.2, -0.15) is 0 Å². The fourth-order valence-electron chi connectivity index (χ4n) is 2.71. The van der Waals surface area contributed by atoms with Crippen LogP contribution in [0.15, 0.2) is 0 Å². The van der Waals surface area contributed by atoms with E-state index in [-0.39, 0.29) is 29.9 Å². The van der Waals surface area contributed by atoms with Gasteiger partial charge in [0, 0.05) is 39.3 Å². The lowest BCUT2D eigenvalue weighted by Gasteiger charge is -2.41. The zero-order valence-electron chi connectivity index (χ0n) is 12.9. The molecule has 0 aromatic rings. The van der Waals surface area contributed by atoms with Crippen LogP contribution in [0.3, 0.4) is 0 Å². The summed E-state index contributed by atoms with van der Waals surface area (Å²) in [6, 6.07) is 0. The SMILES string of the molecule is CC(C)(C)OC(=O)C1CCN(N2CCNCC2)CC1.Cl. The Morgan fingerprint density at radius 2 is 1.55 bits per heavy atom. The molecule has 0 bridgehead atoms. The van der Waals surface area contributed by atoms with Crippen LogP contribution >= 0.6 is 12.4 Å². The van der Waals surface area contributed by atoms with Crippen LogP contribution in [-0.4, -0.2) is 60.9 Å². The molecule has 0 spiro atoms. The van der Waals surface area contributed by atoms with Crippen LogP contribution in [0.4, 0.5) is 0 Å². The van der Waals surface area contributed by atoms with Crippen LogP contribution in [-0.2, 0) is 9.53 Å². The number of piperazine rings is 1. The van der Waals surface area contributed by atoms with Crippen molar-refractivity contribution in [1.29, 1.82) is 0 Å². The number of nitrogens with one attached hydrogen (secondary N) is 1. The van der Waals surface area contributed by atoms with Crippen LogP contribution in [0.2, 0.25) is 0 Å². The summed E-state index contributed by atoms with van der Waals surface area (Å²) in [5.41, 5.74) is -0.368. The lowest BCUT2D eigenvalue weighted by Crippen LogP contribution is -2.55. The summed E-state index contributed by atoms with van der Waals surface area (Å²) in [6.07, 6.45) is 1.83. The van der Waals surface area contributed by atoms with Gasteiger partial charge in [-0.15, -0.1) is 12.4 Å². The zero-order chi connectivity index (χ0) is 13.9. The summed E-state index contributed by atoms with van der Waals surface area (Å²) in [4.78, 5) is 12.0. The van der Waals surface area contributed by atoms with Gasteiger partial charge in [-0.1, -0.05) is 0 Å². The van der Waals surface area contributed by atoms with E-state index < -0.39 is 0 Å². The van der Waals surface area contributed by atoms with Crippen LogP contribution in [0.25, 0.3) is 0 Å². The lowest BCUT2D eigenvalue weighted by molar-refractivity contribution is -0.163. The van der Waals surface area contributed by atoms with Crippen LogP contribution < -0.4 is 5.32 Å². The van der Waals surface area contributed by atoms with Crippen molar-refractivity contribution < 1.29 is 9.53 Å². The van der Waals surface area contributed by atoms with Gasteiger partial charge in [0.1, 0.15) is 5.60 Å². The van der Waals surface area contributed by atoms with Crippen LogP contribution in [0.1, 0.15) is 33.6 Å². The van der Waals surface area contributed by atoms with Gasteiger partial charge in [-0.05, 0) is 33.6 Å². The second kappa shape index (κ2) is 7.59. The number of hydrazine groups is 1. The van der Waals surface area contributed by atoms with Crippen molar-refractivity contribution in [2.24, 2.45) is 5.92 Å². The third kappa shape index (κ3) is 5.20. The first-order valence-electron chi connectivity index (χ1n) is 7.39. The van der Waals surface area contributed by atoms with E-state index in [9.17, 15) is 4.79 Å². The molecule has 0 radical (unpaired) electrons. The molecule has 6 heteroatoms. The summed E-state index contributed by atoms with van der Waals surface area (Å²) in [6.45, 7) is 12.0. The Balaban J connectivity index is 0.00000200. The molecule has 0 amide bonds. The lowest BCUT2D eigenvalue weighted by atomic mass is 9.97. The Kier molecular flexibility index (Phi) is 6.72. The van der Waals surface area contributed by atoms with Crippen molar-refractivity contribution in [2.75, 3.05) is 39.3 Å². The molecule has 2 aliphatic heterocycles. The smallest absolute Gasteiger partial charge is 0.309 e. The molecule has 0 aromatic carbocycles. The largest absolute Gasteiger partial charge is 0.460 e. The van der Waals surface area contributed by atoms with E-state index in [4.69, 9.17) is 4.74 Å². The van der Waals surface area contributed by atoms with Crippen molar-refractivity contribution in [1.82, 2.24) is 15.3 Å². The number of carbonyl (C=O) groups is 1. The highest BCUT2D eigenvalue weighted by molar-refractivity contribution is 5.85. The van der Waals surface area contributed by atoms with Gasteiger partial charge < -0.3 is 10.1 Å². The maximum Gasteiger partial charge on any atom is 0.309 e. The number of hydrogen-bond acceptors (Lipinski definition) is 5. The predicted molar refractivity (Wildman–Crippen MR) is 81.8 cm³/mol. The minimum Gasteiger partial charge on any atom is -0.460 e. The number of rotatable bonds is 2. The van der Waals surface area contributed by atoms with E-state index in [1.165, 1.54) is 0 Å². The highest BCUT2D eigenvalue weighted by atomic mass is 35.5. The highest BCUT2D eigenvalue weighted by Crippen LogP contribution is 2.22. The second-order valence-electron chi connectivity index (χ2n) is 6.47. The Morgan fingerprint density at radius 3 is 2.05 bits per heavy atom. The van der Waals surface area contributed by atoms with Crippen molar-refractivity contribution in [3.8, 4) is 0 Å². The molecule has 2 rings (SSSR count). The number of carbonyl (C=O) groups excluding carboxylic acids is 1. The Hall–Kier alpha value is -0.360. The van der Waals surface area contributed by atoms with Gasteiger partial charge in [0.05, 0.1) is 5.92 Å². The number of piperidine rings is 1. The molecule has 0 aromatic heterocycles. The minimum absolute atomic E-state index is 0. The first-order chi connectivity index (χ1) is 8.96. The van der Waals surface area contributed by atoms with Crippen molar-refractivity contribution in [3.63, 3.8) is 0 Å². The van der Waals surface area contributed by atoms with Gasteiger partial charge in [-0.25, -0.2) is 10.0 Å². The molecule has 1 N–H and O–H groups in total. The van der Waals surface area contributed by atoms with Gasteiger partial charge in [-0.3, -0.25) is 4.79 Å². The molecular formula is C14H28ClN3O2. The molecule has 2 fully saturated rings. The molecule has 118 valence electrons. The number of ether oxygens (including phenoxy) is 1. The zero-order valence-corrected chi connectivity index (χ0v) is 13.7. The van der Waals surface area contributed by atoms with E-state index >= 15 is 0 Å². The minimum atomic E-state index is -0.368. The fraction of sp³-hybridized carbons (Fsp3) is 0.929. The van der Waals surface area contributed by atoms with Gasteiger partial charge in [0.15, 0.2) is 0 Å². The molecular weight excluding hydrogens is 278 g/mol. The third-order valence-electron chi connectivity index (χ3n) is 3.70. The summed E-state index contributed by atoms with van der Waals surface area (Å²) in [5.74, 6) is 0.0610. The molecule has 2 heterocycles. The molecule has 0 unspecified atom stereocenters. The van der Waals surface area contributed by atoms with E-state index in [1.807, 2.05) is 20.8 Å². The van der Waals surface area contributed by atoms with Gasteiger partial charge >= 0.3 is 5.97 Å². The molecule has 2 aliphatic rings. The average molecular weight is 306 g/mol. The predicted octanol–water partition coefficient (Wildman–Crippen LogP) is 1.28. The normalized spacial score (nSPS) is 23.1. The van der Waals surface area contributed by atoms with E-state index in [0.717, 1.165) is 52.1 Å². The summed E-state index contributed by atoms with van der Waals surface area (Å²) < 4.78 is 5.48. The monoisotopic (exact) mass is 305 g/mol. The van der Waals surface area contributed by atoms with Crippen LogP contribution in [0, 0.1) is 5.92 Å². The van der Waals surface area contributed by atoms with Gasteiger partial charge in [0.25, 0.3) is 0 Å². The molecule has 0 saturated carbocycles.